The molecule has 9 heteroatoms. The lowest BCUT2D eigenvalue weighted by Crippen LogP contribution is -2.36. The van der Waals surface area contributed by atoms with Crippen molar-refractivity contribution >= 4 is 17.7 Å². The number of hydrogen-bond donors (Lipinski definition) is 4. The second-order valence-electron chi connectivity index (χ2n) is 7.22. The number of carbonyl (C=O) groups is 1. The van der Waals surface area contributed by atoms with Crippen molar-refractivity contribution in [1.29, 1.82) is 0 Å². The van der Waals surface area contributed by atoms with Gasteiger partial charge in [0.05, 0.1) is 0 Å². The normalized spacial score (nSPS) is 11.4. The molecule has 0 aromatic heterocycles. The number of urea groups is 1. The Morgan fingerprint density at radius 2 is 1.74 bits per heavy atom. The summed E-state index contributed by atoms with van der Waals surface area (Å²) in [5.74, 6) is 0.649. The summed E-state index contributed by atoms with van der Waals surface area (Å²) in [6, 6.07) is 12.3. The summed E-state index contributed by atoms with van der Waals surface area (Å²) < 4.78 is 29.8. The van der Waals surface area contributed by atoms with Crippen LogP contribution in [0.1, 0.15) is 30.5 Å². The molecule has 7 nitrogen and oxygen atoms in total. The van der Waals surface area contributed by atoms with Gasteiger partial charge in [-0.25, -0.2) is 4.79 Å². The van der Waals surface area contributed by atoms with Gasteiger partial charge in [-0.1, -0.05) is 29.8 Å². The van der Waals surface area contributed by atoms with Crippen molar-refractivity contribution in [2.75, 3.05) is 12.4 Å². The Hall–Kier alpha value is -3.36. The summed E-state index contributed by atoms with van der Waals surface area (Å²) in [7, 11) is 1.63. The highest BCUT2D eigenvalue weighted by Crippen LogP contribution is 2.22. The maximum absolute atomic E-state index is 12.6. The molecular weight excluding hydrogens is 404 g/mol. The van der Waals surface area contributed by atoms with E-state index in [4.69, 9.17) is 0 Å². The van der Waals surface area contributed by atoms with Crippen molar-refractivity contribution in [2.24, 2.45) is 4.99 Å². The summed E-state index contributed by atoms with van der Waals surface area (Å²) in [5.41, 5.74) is 3.22. The Morgan fingerprint density at radius 3 is 2.35 bits per heavy atom. The molecule has 31 heavy (non-hydrogen) atoms. The first-order chi connectivity index (χ1) is 14.8. The van der Waals surface area contributed by atoms with E-state index in [0.29, 0.717) is 23.8 Å². The van der Waals surface area contributed by atoms with Crippen LogP contribution in [0.2, 0.25) is 0 Å². The maximum Gasteiger partial charge on any atom is 0.387 e. The van der Waals surface area contributed by atoms with E-state index in [9.17, 15) is 13.6 Å². The number of ether oxygens (including phenoxy) is 1. The monoisotopic (exact) mass is 433 g/mol. The van der Waals surface area contributed by atoms with E-state index in [2.05, 4.69) is 31.0 Å². The van der Waals surface area contributed by atoms with Gasteiger partial charge in [-0.3, -0.25) is 4.99 Å². The number of nitrogens with one attached hydrogen (secondary N) is 4. The van der Waals surface area contributed by atoms with E-state index >= 15 is 0 Å². The Bertz CT molecular complexity index is 886. The van der Waals surface area contributed by atoms with Crippen molar-refractivity contribution in [2.45, 2.75) is 46.5 Å². The predicted molar refractivity (Wildman–Crippen MR) is 119 cm³/mol. The summed E-state index contributed by atoms with van der Waals surface area (Å²) in [6.07, 6.45) is 0. The van der Waals surface area contributed by atoms with Gasteiger partial charge in [0.2, 0.25) is 0 Å². The number of alkyl halides is 2. The van der Waals surface area contributed by atoms with Crippen LogP contribution in [0.15, 0.2) is 47.5 Å². The van der Waals surface area contributed by atoms with E-state index in [0.717, 1.165) is 11.1 Å². The van der Waals surface area contributed by atoms with E-state index in [-0.39, 0.29) is 24.4 Å². The molecule has 0 aliphatic rings. The Labute approximate surface area is 181 Å². The zero-order chi connectivity index (χ0) is 22.8. The van der Waals surface area contributed by atoms with E-state index < -0.39 is 6.61 Å². The van der Waals surface area contributed by atoms with Gasteiger partial charge in [0.25, 0.3) is 0 Å². The number of carbonyl (C=O) groups excluding carboxylic acids is 1. The third kappa shape index (κ3) is 8.49. The first kappa shape index (κ1) is 23.9. The first-order valence-electron chi connectivity index (χ1n) is 9.92. The fourth-order valence-corrected chi connectivity index (χ4v) is 2.78. The molecule has 168 valence electrons. The zero-order valence-electron chi connectivity index (χ0n) is 18.1. The number of hydrogen-bond acceptors (Lipinski definition) is 3. The lowest BCUT2D eigenvalue weighted by molar-refractivity contribution is -0.0504. The third-order valence-corrected chi connectivity index (χ3v) is 4.19. The largest absolute Gasteiger partial charge is 0.434 e. The lowest BCUT2D eigenvalue weighted by atomic mass is 10.1. The minimum atomic E-state index is -2.88. The van der Waals surface area contributed by atoms with Crippen LogP contribution in [-0.2, 0) is 13.1 Å². The number of aryl methyl sites for hydroxylation is 1. The van der Waals surface area contributed by atoms with Crippen LogP contribution in [-0.4, -0.2) is 31.7 Å². The molecule has 0 aliphatic carbocycles. The molecule has 0 fully saturated rings. The quantitative estimate of drug-likeness (QED) is 0.375. The molecule has 0 unspecified atom stereocenters. The van der Waals surface area contributed by atoms with E-state index in [1.165, 1.54) is 6.07 Å². The summed E-state index contributed by atoms with van der Waals surface area (Å²) in [5, 5.41) is 11.8. The number of nitrogens with zero attached hydrogens (tertiary/aromatic N) is 1. The number of rotatable bonds is 8. The Kier molecular flexibility index (Phi) is 9.05. The molecule has 2 rings (SSSR count). The SMILES string of the molecule is CN=C(NCc1ccc(NC(=O)NC(C)C)cc1)NCc1cc(C)ccc1OC(F)F. The van der Waals surface area contributed by atoms with Crippen LogP contribution in [0, 0.1) is 6.92 Å². The smallest absolute Gasteiger partial charge is 0.387 e. The van der Waals surface area contributed by atoms with Gasteiger partial charge < -0.3 is 26.0 Å². The second-order valence-corrected chi connectivity index (χ2v) is 7.22. The summed E-state index contributed by atoms with van der Waals surface area (Å²) in [6.45, 7) is 3.55. The van der Waals surface area contributed by atoms with Crippen molar-refractivity contribution in [3.05, 3.63) is 59.2 Å². The molecule has 0 saturated carbocycles. The minimum absolute atomic E-state index is 0.0561. The van der Waals surface area contributed by atoms with Gasteiger partial charge in [0.15, 0.2) is 5.96 Å². The third-order valence-electron chi connectivity index (χ3n) is 4.19. The van der Waals surface area contributed by atoms with E-state index in [1.54, 1.807) is 19.2 Å². The van der Waals surface area contributed by atoms with Crippen molar-refractivity contribution in [3.8, 4) is 5.75 Å². The van der Waals surface area contributed by atoms with Crippen LogP contribution in [0.3, 0.4) is 0 Å². The van der Waals surface area contributed by atoms with Gasteiger partial charge >= 0.3 is 12.6 Å². The van der Waals surface area contributed by atoms with Crippen molar-refractivity contribution in [3.63, 3.8) is 0 Å². The number of anilines is 1. The molecule has 0 heterocycles. The van der Waals surface area contributed by atoms with E-state index in [1.807, 2.05) is 45.0 Å². The molecule has 2 amide bonds. The van der Waals surface area contributed by atoms with Gasteiger partial charge in [-0.05, 0) is 44.5 Å². The number of aliphatic imine (C=N–C) groups is 1. The highest BCUT2D eigenvalue weighted by molar-refractivity contribution is 5.89. The van der Waals surface area contributed by atoms with Gasteiger partial charge in [0, 0.05) is 37.4 Å². The molecule has 0 bridgehead atoms. The van der Waals surface area contributed by atoms with Crippen LogP contribution in [0.4, 0.5) is 19.3 Å². The Morgan fingerprint density at radius 1 is 1.06 bits per heavy atom. The highest BCUT2D eigenvalue weighted by atomic mass is 19.3. The fraction of sp³-hybridized carbons (Fsp3) is 0.364. The molecule has 4 N–H and O–H groups in total. The topological polar surface area (TPSA) is 86.8 Å². The fourth-order valence-electron chi connectivity index (χ4n) is 2.78. The van der Waals surface area contributed by atoms with Crippen LogP contribution in [0.25, 0.3) is 0 Å². The summed E-state index contributed by atoms with van der Waals surface area (Å²) in [4.78, 5) is 15.9. The Balaban J connectivity index is 1.89. The average molecular weight is 434 g/mol. The predicted octanol–water partition coefficient (Wildman–Crippen LogP) is 3.99. The van der Waals surface area contributed by atoms with Crippen molar-refractivity contribution in [1.82, 2.24) is 16.0 Å². The molecule has 0 saturated heterocycles. The molecule has 2 aromatic carbocycles. The van der Waals surface area contributed by atoms with Gasteiger partial charge in [0.1, 0.15) is 5.75 Å². The zero-order valence-corrected chi connectivity index (χ0v) is 18.1. The molecule has 2 aromatic rings. The van der Waals surface area contributed by atoms with Crippen LogP contribution >= 0.6 is 0 Å². The molecule has 0 radical (unpaired) electrons. The standard InChI is InChI=1S/C22H29F2N5O2/c1-14(2)28-22(30)29-18-8-6-16(7-9-18)12-26-21(25-4)27-13-17-11-15(3)5-10-19(17)31-20(23)24/h5-11,14,20H,12-13H2,1-4H3,(H2,25,26,27)(H2,28,29,30). The molecular formula is C22H29F2N5O2. The van der Waals surface area contributed by atoms with Crippen LogP contribution < -0.4 is 26.0 Å². The second kappa shape index (κ2) is 11.7. The first-order valence-corrected chi connectivity index (χ1v) is 9.92. The molecule has 0 atom stereocenters. The average Bonchev–Trinajstić information content (AvgIpc) is 2.70. The van der Waals surface area contributed by atoms with Crippen molar-refractivity contribution < 1.29 is 18.3 Å². The lowest BCUT2D eigenvalue weighted by Gasteiger charge is -2.15. The number of amides is 2. The summed E-state index contributed by atoms with van der Waals surface area (Å²) >= 11 is 0. The molecule has 0 aliphatic heterocycles. The van der Waals surface area contributed by atoms with Gasteiger partial charge in [-0.2, -0.15) is 8.78 Å². The number of guanidine groups is 1. The van der Waals surface area contributed by atoms with Gasteiger partial charge in [-0.15, -0.1) is 0 Å². The number of halogens is 2. The van der Waals surface area contributed by atoms with Crippen LogP contribution in [0.5, 0.6) is 5.75 Å². The highest BCUT2D eigenvalue weighted by Gasteiger charge is 2.10. The minimum Gasteiger partial charge on any atom is -0.434 e. The molecule has 0 spiro atoms. The maximum atomic E-state index is 12.6. The number of benzene rings is 2.